The SMILES string of the molecule is Cc1c(NC(=O)[C@@H]2CNC(=O)N2)ccc(-c2ccc(F)c(Cl)c2F)c1C1CC(C(F)(F)F)C1. The summed E-state index contributed by atoms with van der Waals surface area (Å²) in [5.74, 6) is -4.49. The molecule has 1 saturated carbocycles. The van der Waals surface area contributed by atoms with Gasteiger partial charge in [-0.25, -0.2) is 13.6 Å². The molecule has 11 heteroatoms. The second kappa shape index (κ2) is 8.48. The lowest BCUT2D eigenvalue weighted by molar-refractivity contribution is -0.197. The van der Waals surface area contributed by atoms with E-state index in [0.717, 1.165) is 6.07 Å². The number of carbonyl (C=O) groups is 2. The molecule has 3 N–H and O–H groups in total. The molecule has 1 aliphatic carbocycles. The van der Waals surface area contributed by atoms with Crippen molar-refractivity contribution in [2.24, 2.45) is 5.92 Å². The van der Waals surface area contributed by atoms with E-state index in [9.17, 15) is 31.5 Å². The number of rotatable bonds is 4. The zero-order valence-electron chi connectivity index (χ0n) is 17.2. The smallest absolute Gasteiger partial charge is 0.336 e. The molecule has 0 radical (unpaired) electrons. The Labute approximate surface area is 190 Å². The van der Waals surface area contributed by atoms with E-state index in [-0.39, 0.29) is 30.5 Å². The molecule has 1 saturated heterocycles. The molecule has 176 valence electrons. The third kappa shape index (κ3) is 4.36. The van der Waals surface area contributed by atoms with E-state index in [1.54, 1.807) is 6.92 Å². The van der Waals surface area contributed by atoms with Gasteiger partial charge in [0.15, 0.2) is 5.82 Å². The number of hydrogen-bond donors (Lipinski definition) is 3. The van der Waals surface area contributed by atoms with Crippen molar-refractivity contribution in [1.29, 1.82) is 0 Å². The first-order valence-electron chi connectivity index (χ1n) is 10.2. The molecule has 2 fully saturated rings. The highest BCUT2D eigenvalue weighted by Gasteiger charge is 2.49. The van der Waals surface area contributed by atoms with Gasteiger partial charge in [0.2, 0.25) is 5.91 Å². The van der Waals surface area contributed by atoms with Crippen molar-refractivity contribution in [1.82, 2.24) is 10.6 Å². The van der Waals surface area contributed by atoms with Gasteiger partial charge in [-0.05, 0) is 60.6 Å². The Hall–Kier alpha value is -2.88. The van der Waals surface area contributed by atoms with Crippen LogP contribution in [0.2, 0.25) is 5.02 Å². The Kier molecular flexibility index (Phi) is 5.98. The second-order valence-electron chi connectivity index (χ2n) is 8.23. The molecule has 1 atom stereocenters. The first-order chi connectivity index (χ1) is 15.5. The fourth-order valence-corrected chi connectivity index (χ4v) is 4.48. The first-order valence-corrected chi connectivity index (χ1v) is 10.5. The van der Waals surface area contributed by atoms with Crippen LogP contribution in [-0.4, -0.2) is 30.7 Å². The maximum atomic E-state index is 14.8. The van der Waals surface area contributed by atoms with Crippen LogP contribution in [0.5, 0.6) is 0 Å². The van der Waals surface area contributed by atoms with Gasteiger partial charge in [0, 0.05) is 17.8 Å². The van der Waals surface area contributed by atoms with Crippen LogP contribution in [0.25, 0.3) is 11.1 Å². The van der Waals surface area contributed by atoms with Gasteiger partial charge in [0.25, 0.3) is 0 Å². The van der Waals surface area contributed by atoms with Gasteiger partial charge < -0.3 is 16.0 Å². The number of carbonyl (C=O) groups excluding carboxylic acids is 2. The molecule has 0 aromatic heterocycles. The standard InChI is InChI=1S/C22H19ClF5N3O2/c1-9-15(30-20(32)16-8-29-21(33)31-16)5-3-12(13-2-4-14(24)18(23)19(13)25)17(9)10-6-11(7-10)22(26,27)28/h2-5,10-11,16H,6-8H2,1H3,(H,30,32)(H2,29,31,33)/t10?,11?,16-/m0/s1. The van der Waals surface area contributed by atoms with Crippen molar-refractivity contribution in [2.75, 3.05) is 11.9 Å². The maximum absolute atomic E-state index is 14.8. The fourth-order valence-electron chi connectivity index (χ4n) is 4.31. The van der Waals surface area contributed by atoms with E-state index in [0.29, 0.717) is 16.8 Å². The Balaban J connectivity index is 1.73. The first kappa shape index (κ1) is 23.3. The summed E-state index contributed by atoms with van der Waals surface area (Å²) in [5.41, 5.74) is 1.46. The monoisotopic (exact) mass is 487 g/mol. The van der Waals surface area contributed by atoms with Crippen molar-refractivity contribution in [3.8, 4) is 11.1 Å². The minimum Gasteiger partial charge on any atom is -0.336 e. The van der Waals surface area contributed by atoms with Gasteiger partial charge in [-0.1, -0.05) is 17.7 Å². The summed E-state index contributed by atoms with van der Waals surface area (Å²) >= 11 is 5.72. The molecular weight excluding hydrogens is 469 g/mol. The van der Waals surface area contributed by atoms with Crippen LogP contribution in [0.15, 0.2) is 24.3 Å². The van der Waals surface area contributed by atoms with E-state index in [1.165, 1.54) is 18.2 Å². The summed E-state index contributed by atoms with van der Waals surface area (Å²) in [5, 5.41) is 6.87. The van der Waals surface area contributed by atoms with Crippen molar-refractivity contribution >= 4 is 29.2 Å². The second-order valence-corrected chi connectivity index (χ2v) is 8.60. The number of anilines is 1. The summed E-state index contributed by atoms with van der Waals surface area (Å²) in [6.07, 6.45) is -4.71. The molecule has 5 nitrogen and oxygen atoms in total. The lowest BCUT2D eigenvalue weighted by Gasteiger charge is -2.39. The third-order valence-corrected chi connectivity index (χ3v) is 6.54. The number of amides is 3. The molecule has 3 amide bonds. The average Bonchev–Trinajstić information content (AvgIpc) is 3.14. The predicted molar refractivity (Wildman–Crippen MR) is 112 cm³/mol. The minimum atomic E-state index is -4.34. The average molecular weight is 488 g/mol. The topological polar surface area (TPSA) is 70.2 Å². The molecule has 1 heterocycles. The van der Waals surface area contributed by atoms with E-state index < -0.39 is 52.6 Å². The molecule has 1 aliphatic heterocycles. The predicted octanol–water partition coefficient (Wildman–Crippen LogP) is 5.27. The number of nitrogens with one attached hydrogen (secondary N) is 3. The summed E-state index contributed by atoms with van der Waals surface area (Å²) in [7, 11) is 0. The van der Waals surface area contributed by atoms with Crippen LogP contribution in [0, 0.1) is 24.5 Å². The van der Waals surface area contributed by atoms with E-state index in [4.69, 9.17) is 11.6 Å². The van der Waals surface area contributed by atoms with Gasteiger partial charge in [0.05, 0.1) is 5.92 Å². The zero-order chi connectivity index (χ0) is 24.1. The lowest BCUT2D eigenvalue weighted by atomic mass is 9.68. The Bertz CT molecular complexity index is 1130. The van der Waals surface area contributed by atoms with Crippen LogP contribution in [0.3, 0.4) is 0 Å². The van der Waals surface area contributed by atoms with Crippen LogP contribution in [0.4, 0.5) is 32.4 Å². The molecular formula is C22H19ClF5N3O2. The number of alkyl halides is 3. The van der Waals surface area contributed by atoms with Gasteiger partial charge in [0.1, 0.15) is 16.9 Å². The molecule has 2 aromatic carbocycles. The molecule has 0 spiro atoms. The van der Waals surface area contributed by atoms with E-state index in [1.807, 2.05) is 0 Å². The highest BCUT2D eigenvalue weighted by atomic mass is 35.5. The van der Waals surface area contributed by atoms with Gasteiger partial charge in [-0.3, -0.25) is 4.79 Å². The summed E-state index contributed by atoms with van der Waals surface area (Å²) < 4.78 is 67.8. The molecule has 0 bridgehead atoms. The quantitative estimate of drug-likeness (QED) is 0.406. The number of halogens is 6. The summed E-state index contributed by atoms with van der Waals surface area (Å²) in [6.45, 7) is 1.70. The lowest BCUT2D eigenvalue weighted by Crippen LogP contribution is -2.39. The summed E-state index contributed by atoms with van der Waals surface area (Å²) in [6, 6.07) is 3.84. The maximum Gasteiger partial charge on any atom is 0.391 e. The normalized spacial score (nSPS) is 22.4. The molecule has 2 aliphatic rings. The number of hydrogen-bond acceptors (Lipinski definition) is 2. The summed E-state index contributed by atoms with van der Waals surface area (Å²) in [4.78, 5) is 23.8. The molecule has 0 unspecified atom stereocenters. The Morgan fingerprint density at radius 3 is 2.39 bits per heavy atom. The van der Waals surface area contributed by atoms with Crippen LogP contribution >= 0.6 is 11.6 Å². The number of benzene rings is 2. The van der Waals surface area contributed by atoms with Crippen molar-refractivity contribution < 1.29 is 31.5 Å². The van der Waals surface area contributed by atoms with E-state index >= 15 is 0 Å². The molecule has 4 rings (SSSR count). The van der Waals surface area contributed by atoms with Crippen molar-refractivity contribution in [2.45, 2.75) is 37.9 Å². The Morgan fingerprint density at radius 1 is 1.12 bits per heavy atom. The highest BCUT2D eigenvalue weighted by molar-refractivity contribution is 6.31. The highest BCUT2D eigenvalue weighted by Crippen LogP contribution is 2.53. The van der Waals surface area contributed by atoms with Crippen LogP contribution < -0.4 is 16.0 Å². The van der Waals surface area contributed by atoms with E-state index in [2.05, 4.69) is 16.0 Å². The molecule has 33 heavy (non-hydrogen) atoms. The number of urea groups is 1. The Morgan fingerprint density at radius 2 is 1.79 bits per heavy atom. The largest absolute Gasteiger partial charge is 0.391 e. The third-order valence-electron chi connectivity index (χ3n) is 6.20. The zero-order valence-corrected chi connectivity index (χ0v) is 18.0. The van der Waals surface area contributed by atoms with Crippen LogP contribution in [-0.2, 0) is 4.79 Å². The van der Waals surface area contributed by atoms with Crippen molar-refractivity contribution in [3.05, 3.63) is 52.0 Å². The minimum absolute atomic E-state index is 0.0416. The van der Waals surface area contributed by atoms with Crippen molar-refractivity contribution in [3.63, 3.8) is 0 Å². The van der Waals surface area contributed by atoms with Gasteiger partial charge in [-0.15, -0.1) is 0 Å². The van der Waals surface area contributed by atoms with Crippen LogP contribution in [0.1, 0.15) is 29.9 Å². The fraction of sp³-hybridized carbons (Fsp3) is 0.364. The van der Waals surface area contributed by atoms with Gasteiger partial charge >= 0.3 is 12.2 Å². The molecule has 2 aromatic rings. The van der Waals surface area contributed by atoms with Gasteiger partial charge in [-0.2, -0.15) is 13.2 Å².